The van der Waals surface area contributed by atoms with E-state index in [-0.39, 0.29) is 4.90 Å². The number of aromatic nitrogens is 4. The fraction of sp³-hybridized carbons (Fsp3) is 0.480. The van der Waals surface area contributed by atoms with E-state index in [4.69, 9.17) is 5.14 Å². The number of sulfonamides is 1. The third kappa shape index (κ3) is 4.78. The molecule has 1 aromatic heterocycles. The number of hydrogen-bond acceptors (Lipinski definition) is 6. The van der Waals surface area contributed by atoms with Gasteiger partial charge < -0.3 is 5.32 Å². The van der Waals surface area contributed by atoms with Gasteiger partial charge in [-0.3, -0.25) is 0 Å². The Morgan fingerprint density at radius 3 is 2.35 bits per heavy atom. The third-order valence-electron chi connectivity index (χ3n) is 7.54. The molecule has 4 N–H and O–H groups in total. The lowest BCUT2D eigenvalue weighted by molar-refractivity contribution is 0.277. The number of rotatable bonds is 7. The van der Waals surface area contributed by atoms with E-state index < -0.39 is 10.0 Å². The van der Waals surface area contributed by atoms with Crippen molar-refractivity contribution in [3.05, 3.63) is 47.5 Å². The monoisotopic (exact) mass is 480 g/mol. The van der Waals surface area contributed by atoms with Crippen LogP contribution in [0.4, 0.5) is 0 Å². The molecule has 0 spiro atoms. The molecule has 1 saturated heterocycles. The molecular weight excluding hydrogens is 448 g/mol. The molecule has 0 atom stereocenters. The SMILES string of the molecule is C[C@H]1CC[C@H](CCc2ccc(-c3ccc(C4CNC4)cc3)c(-c3nnn[nH]3)c2S(N)(=O)=O)CC1. The van der Waals surface area contributed by atoms with Gasteiger partial charge >= 0.3 is 0 Å². The van der Waals surface area contributed by atoms with Crippen molar-refractivity contribution >= 4 is 10.0 Å². The number of primary sulfonamides is 1. The molecule has 2 aliphatic rings. The fourth-order valence-corrected chi connectivity index (χ4v) is 6.35. The van der Waals surface area contributed by atoms with Crippen LogP contribution < -0.4 is 10.5 Å². The van der Waals surface area contributed by atoms with Crippen LogP contribution in [-0.2, 0) is 16.4 Å². The summed E-state index contributed by atoms with van der Waals surface area (Å²) in [6, 6.07) is 12.2. The van der Waals surface area contributed by atoms with Crippen LogP contribution in [0, 0.1) is 11.8 Å². The molecule has 34 heavy (non-hydrogen) atoms. The first-order valence-electron chi connectivity index (χ1n) is 12.1. The second kappa shape index (κ2) is 9.56. The fourth-order valence-electron chi connectivity index (χ4n) is 5.33. The van der Waals surface area contributed by atoms with E-state index in [1.54, 1.807) is 0 Å². The molecule has 0 unspecified atom stereocenters. The van der Waals surface area contributed by atoms with E-state index in [1.807, 2.05) is 24.3 Å². The van der Waals surface area contributed by atoms with E-state index in [9.17, 15) is 8.42 Å². The highest BCUT2D eigenvalue weighted by Crippen LogP contribution is 2.39. The molecule has 0 amide bonds. The normalized spacial score (nSPS) is 21.4. The van der Waals surface area contributed by atoms with E-state index in [0.29, 0.717) is 29.6 Å². The quantitative estimate of drug-likeness (QED) is 0.474. The van der Waals surface area contributed by atoms with Crippen molar-refractivity contribution in [1.82, 2.24) is 25.9 Å². The largest absolute Gasteiger partial charge is 0.315 e. The van der Waals surface area contributed by atoms with Crippen molar-refractivity contribution in [1.29, 1.82) is 0 Å². The molecule has 0 bridgehead atoms. The molecule has 1 aliphatic carbocycles. The Hall–Kier alpha value is -2.62. The first-order valence-corrected chi connectivity index (χ1v) is 13.7. The van der Waals surface area contributed by atoms with Gasteiger partial charge in [-0.05, 0) is 57.4 Å². The van der Waals surface area contributed by atoms with Gasteiger partial charge in [0, 0.05) is 24.6 Å². The number of nitrogens with zero attached hydrogens (tertiary/aromatic N) is 3. The number of hydrogen-bond donors (Lipinski definition) is 3. The van der Waals surface area contributed by atoms with Crippen LogP contribution in [0.1, 0.15) is 56.1 Å². The van der Waals surface area contributed by atoms with E-state index in [2.05, 4.69) is 45.0 Å². The zero-order chi connectivity index (χ0) is 23.7. The summed E-state index contributed by atoms with van der Waals surface area (Å²) in [5.41, 5.74) is 4.10. The van der Waals surface area contributed by atoms with Gasteiger partial charge in [0.2, 0.25) is 10.0 Å². The Balaban J connectivity index is 1.54. The Bertz CT molecular complexity index is 1230. The topological polar surface area (TPSA) is 127 Å². The Kier molecular flexibility index (Phi) is 6.50. The summed E-state index contributed by atoms with van der Waals surface area (Å²) < 4.78 is 25.9. The first kappa shape index (κ1) is 23.1. The van der Waals surface area contributed by atoms with Gasteiger partial charge in [-0.2, -0.15) is 0 Å². The van der Waals surface area contributed by atoms with Crippen LogP contribution in [0.2, 0.25) is 0 Å². The van der Waals surface area contributed by atoms with Crippen molar-refractivity contribution in [2.24, 2.45) is 17.0 Å². The van der Waals surface area contributed by atoms with Crippen molar-refractivity contribution in [3.63, 3.8) is 0 Å². The van der Waals surface area contributed by atoms with Crippen molar-refractivity contribution in [2.45, 2.75) is 56.3 Å². The molecule has 3 aromatic rings. The van der Waals surface area contributed by atoms with Gasteiger partial charge in [0.1, 0.15) is 0 Å². The molecular formula is C25H32N6O2S. The summed E-state index contributed by atoms with van der Waals surface area (Å²) >= 11 is 0. The van der Waals surface area contributed by atoms with Crippen LogP contribution in [0.25, 0.3) is 22.5 Å². The molecule has 5 rings (SSSR count). The Morgan fingerprint density at radius 2 is 1.76 bits per heavy atom. The minimum atomic E-state index is -4.02. The molecule has 0 radical (unpaired) electrons. The molecule has 1 saturated carbocycles. The maximum atomic E-state index is 12.9. The van der Waals surface area contributed by atoms with Gasteiger partial charge in [-0.1, -0.05) is 69.0 Å². The van der Waals surface area contributed by atoms with E-state index in [1.165, 1.54) is 31.2 Å². The molecule has 2 fully saturated rings. The van der Waals surface area contributed by atoms with Gasteiger partial charge in [0.15, 0.2) is 5.82 Å². The lowest BCUT2D eigenvalue weighted by Gasteiger charge is -2.27. The van der Waals surface area contributed by atoms with Crippen molar-refractivity contribution < 1.29 is 8.42 Å². The molecule has 2 aromatic carbocycles. The van der Waals surface area contributed by atoms with Crippen molar-refractivity contribution in [3.8, 4) is 22.5 Å². The molecule has 9 heteroatoms. The number of tetrazole rings is 1. The van der Waals surface area contributed by atoms with E-state index in [0.717, 1.165) is 42.1 Å². The predicted molar refractivity (Wildman–Crippen MR) is 131 cm³/mol. The first-order chi connectivity index (χ1) is 16.4. The van der Waals surface area contributed by atoms with Crippen LogP contribution in [-0.4, -0.2) is 42.1 Å². The highest BCUT2D eigenvalue weighted by Gasteiger charge is 2.27. The lowest BCUT2D eigenvalue weighted by atomic mass is 9.80. The summed E-state index contributed by atoms with van der Waals surface area (Å²) in [7, 11) is -4.02. The smallest absolute Gasteiger partial charge is 0.239 e. The number of aromatic amines is 1. The maximum absolute atomic E-state index is 12.9. The number of aryl methyl sites for hydroxylation is 1. The van der Waals surface area contributed by atoms with Crippen LogP contribution >= 0.6 is 0 Å². The van der Waals surface area contributed by atoms with Gasteiger partial charge in [-0.25, -0.2) is 18.7 Å². The summed E-state index contributed by atoms with van der Waals surface area (Å²) in [6.45, 7) is 4.28. The maximum Gasteiger partial charge on any atom is 0.239 e. The third-order valence-corrected chi connectivity index (χ3v) is 8.57. The van der Waals surface area contributed by atoms with Gasteiger partial charge in [0.05, 0.1) is 4.90 Å². The number of nitrogens with one attached hydrogen (secondary N) is 2. The molecule has 1 aliphatic heterocycles. The van der Waals surface area contributed by atoms with E-state index >= 15 is 0 Å². The minimum Gasteiger partial charge on any atom is -0.315 e. The predicted octanol–water partition coefficient (Wildman–Crippen LogP) is 3.63. The number of benzene rings is 2. The number of H-pyrrole nitrogens is 1. The van der Waals surface area contributed by atoms with Crippen LogP contribution in [0.3, 0.4) is 0 Å². The van der Waals surface area contributed by atoms with Gasteiger partial charge in [0.25, 0.3) is 0 Å². The Morgan fingerprint density at radius 1 is 1.03 bits per heavy atom. The zero-order valence-corrected chi connectivity index (χ0v) is 20.3. The average molecular weight is 481 g/mol. The summed E-state index contributed by atoms with van der Waals surface area (Å²) in [5.74, 6) is 2.23. The minimum absolute atomic E-state index is 0.125. The van der Waals surface area contributed by atoms with Crippen LogP contribution in [0.15, 0.2) is 41.3 Å². The molecule has 180 valence electrons. The van der Waals surface area contributed by atoms with Crippen molar-refractivity contribution in [2.75, 3.05) is 13.1 Å². The summed E-state index contributed by atoms with van der Waals surface area (Å²) in [5, 5.41) is 23.3. The highest BCUT2D eigenvalue weighted by molar-refractivity contribution is 7.89. The number of nitrogens with two attached hydrogens (primary N) is 1. The Labute approximate surface area is 200 Å². The highest BCUT2D eigenvalue weighted by atomic mass is 32.2. The molecule has 2 heterocycles. The second-order valence-corrected chi connectivity index (χ2v) is 11.4. The lowest BCUT2D eigenvalue weighted by Crippen LogP contribution is -2.39. The standard InChI is InChI=1S/C25H32N6O2S/c1-16-2-4-17(5-3-16)6-7-20-12-13-22(19-10-8-18(9-11-19)21-14-27-15-21)23(24(20)34(26,32)33)25-28-30-31-29-25/h8-13,16-17,21,27H,2-7,14-15H2,1H3,(H2,26,32,33)(H,28,29,30,31)/t16-,17-. The molecule has 8 nitrogen and oxygen atoms in total. The summed E-state index contributed by atoms with van der Waals surface area (Å²) in [6.07, 6.45) is 6.50. The average Bonchev–Trinajstić information content (AvgIpc) is 3.32. The second-order valence-electron chi connectivity index (χ2n) is 9.91. The summed E-state index contributed by atoms with van der Waals surface area (Å²) in [4.78, 5) is 0.125. The zero-order valence-electron chi connectivity index (χ0n) is 19.5. The van der Waals surface area contributed by atoms with Crippen LogP contribution in [0.5, 0.6) is 0 Å². The van der Waals surface area contributed by atoms with Gasteiger partial charge in [-0.15, -0.1) is 5.10 Å².